The Morgan fingerprint density at radius 3 is 2.11 bits per heavy atom. The summed E-state index contributed by atoms with van der Waals surface area (Å²) in [6, 6.07) is 55.7. The number of anilines is 3. The molecule has 45 heavy (non-hydrogen) atoms. The molecule has 2 heterocycles. The molecule has 3 nitrogen and oxygen atoms in total. The van der Waals surface area contributed by atoms with Crippen molar-refractivity contribution in [2.45, 2.75) is 0 Å². The van der Waals surface area contributed by atoms with Crippen molar-refractivity contribution in [3.05, 3.63) is 158 Å². The minimum absolute atomic E-state index is 0.633. The molecular weight excluding hydrogens is 569 g/mol. The van der Waals surface area contributed by atoms with Crippen LogP contribution in [0.25, 0.3) is 64.6 Å². The predicted molar refractivity (Wildman–Crippen MR) is 190 cm³/mol. The van der Waals surface area contributed by atoms with Crippen molar-refractivity contribution in [2.24, 2.45) is 0 Å². The van der Waals surface area contributed by atoms with Gasteiger partial charge in [0.2, 0.25) is 5.89 Å². The molecule has 7 aromatic carbocycles. The van der Waals surface area contributed by atoms with Crippen molar-refractivity contribution in [1.82, 2.24) is 4.98 Å². The second-order valence-corrected chi connectivity index (χ2v) is 12.3. The van der Waals surface area contributed by atoms with E-state index in [-0.39, 0.29) is 0 Å². The Balaban J connectivity index is 1.19. The molecule has 4 heteroatoms. The number of rotatable bonds is 5. The molecule has 9 rings (SSSR count). The van der Waals surface area contributed by atoms with Gasteiger partial charge in [-0.05, 0) is 71.6 Å². The first-order chi connectivity index (χ1) is 22.3. The molecule has 0 bridgehead atoms. The minimum atomic E-state index is 0.633. The van der Waals surface area contributed by atoms with Crippen molar-refractivity contribution < 1.29 is 4.42 Å². The van der Waals surface area contributed by atoms with E-state index in [4.69, 9.17) is 9.40 Å². The van der Waals surface area contributed by atoms with Crippen molar-refractivity contribution in [3.63, 3.8) is 0 Å². The van der Waals surface area contributed by atoms with Gasteiger partial charge in [0.1, 0.15) is 5.52 Å². The fourth-order valence-corrected chi connectivity index (χ4v) is 7.44. The average Bonchev–Trinajstić information content (AvgIpc) is 3.71. The highest BCUT2D eigenvalue weighted by atomic mass is 32.1. The smallest absolute Gasteiger partial charge is 0.227 e. The maximum absolute atomic E-state index is 6.35. The van der Waals surface area contributed by atoms with Gasteiger partial charge in [0.15, 0.2) is 5.58 Å². The highest BCUT2D eigenvalue weighted by Gasteiger charge is 2.18. The summed E-state index contributed by atoms with van der Waals surface area (Å²) in [6.45, 7) is 0. The third kappa shape index (κ3) is 4.38. The minimum Gasteiger partial charge on any atom is -0.435 e. The van der Waals surface area contributed by atoms with Crippen LogP contribution in [0.4, 0.5) is 17.1 Å². The Morgan fingerprint density at radius 2 is 1.22 bits per heavy atom. The number of thiophene rings is 1. The second kappa shape index (κ2) is 10.5. The zero-order chi connectivity index (χ0) is 29.7. The normalized spacial score (nSPS) is 11.6. The van der Waals surface area contributed by atoms with E-state index < -0.39 is 0 Å². The molecule has 0 radical (unpaired) electrons. The number of benzene rings is 7. The molecule has 212 valence electrons. The van der Waals surface area contributed by atoms with Gasteiger partial charge in [0.05, 0.1) is 5.69 Å². The van der Waals surface area contributed by atoms with Crippen LogP contribution in [0.5, 0.6) is 0 Å². The van der Waals surface area contributed by atoms with Crippen molar-refractivity contribution in [2.75, 3.05) is 4.90 Å². The first-order valence-corrected chi connectivity index (χ1v) is 15.9. The third-order valence-electron chi connectivity index (χ3n) is 8.50. The molecule has 0 aliphatic carbocycles. The number of nitrogens with zero attached hydrogens (tertiary/aromatic N) is 2. The lowest BCUT2D eigenvalue weighted by molar-refractivity contribution is 0.621. The van der Waals surface area contributed by atoms with Gasteiger partial charge in [-0.3, -0.25) is 0 Å². The summed E-state index contributed by atoms with van der Waals surface area (Å²) in [5.41, 5.74) is 8.08. The van der Waals surface area contributed by atoms with Gasteiger partial charge in [-0.1, -0.05) is 97.1 Å². The molecule has 0 fully saturated rings. The van der Waals surface area contributed by atoms with Crippen molar-refractivity contribution in [1.29, 1.82) is 0 Å². The molecule has 0 aliphatic rings. The van der Waals surface area contributed by atoms with Gasteiger partial charge in [0, 0.05) is 48.1 Å². The van der Waals surface area contributed by atoms with Gasteiger partial charge in [-0.25, -0.2) is 4.98 Å². The number of hydrogen-bond acceptors (Lipinski definition) is 4. The highest BCUT2D eigenvalue weighted by Crippen LogP contribution is 2.43. The Bertz CT molecular complexity index is 2490. The standard InChI is InChI=1S/C41H26N2OS/c1-2-11-29(12-3-1)41-42-36-17-9-16-33(40(36)44-41)28-20-22-30(23-21-28)43(37-18-8-13-27-10-4-5-14-32(27)37)31-24-25-39-35(26-31)34-15-6-7-19-38(34)45-39/h1-26H. The monoisotopic (exact) mass is 594 g/mol. The zero-order valence-corrected chi connectivity index (χ0v) is 25.0. The molecule has 0 amide bonds. The molecule has 9 aromatic rings. The van der Waals surface area contributed by atoms with Gasteiger partial charge in [0.25, 0.3) is 0 Å². The lowest BCUT2D eigenvalue weighted by Crippen LogP contribution is -2.10. The van der Waals surface area contributed by atoms with E-state index in [9.17, 15) is 0 Å². The summed E-state index contributed by atoms with van der Waals surface area (Å²) >= 11 is 1.84. The fraction of sp³-hybridized carbons (Fsp3) is 0. The van der Waals surface area contributed by atoms with Crippen LogP contribution in [0.3, 0.4) is 0 Å². The topological polar surface area (TPSA) is 29.3 Å². The summed E-state index contributed by atoms with van der Waals surface area (Å²) in [5.74, 6) is 0.633. The maximum Gasteiger partial charge on any atom is 0.227 e. The largest absolute Gasteiger partial charge is 0.435 e. The first-order valence-electron chi connectivity index (χ1n) is 15.0. The van der Waals surface area contributed by atoms with E-state index in [0.717, 1.165) is 44.9 Å². The molecule has 0 aliphatic heterocycles. The van der Waals surface area contributed by atoms with Crippen LogP contribution in [0.2, 0.25) is 0 Å². The lowest BCUT2D eigenvalue weighted by Gasteiger charge is -2.27. The van der Waals surface area contributed by atoms with Crippen LogP contribution in [-0.2, 0) is 0 Å². The van der Waals surface area contributed by atoms with Crippen LogP contribution in [0, 0.1) is 0 Å². The summed E-state index contributed by atoms with van der Waals surface area (Å²) in [4.78, 5) is 7.17. The zero-order valence-electron chi connectivity index (χ0n) is 24.2. The third-order valence-corrected chi connectivity index (χ3v) is 9.65. The average molecular weight is 595 g/mol. The van der Waals surface area contributed by atoms with Gasteiger partial charge in [-0.2, -0.15) is 0 Å². The quantitative estimate of drug-likeness (QED) is 0.198. The van der Waals surface area contributed by atoms with Gasteiger partial charge >= 0.3 is 0 Å². The predicted octanol–water partition coefficient (Wildman–Crippen LogP) is 12.2. The fourth-order valence-electron chi connectivity index (χ4n) is 6.35. The first kappa shape index (κ1) is 25.8. The lowest BCUT2D eigenvalue weighted by atomic mass is 10.0. The van der Waals surface area contributed by atoms with E-state index >= 15 is 0 Å². The SMILES string of the molecule is c1ccc(-c2nc3cccc(-c4ccc(N(c5ccc6sc7ccccc7c6c5)c5cccc6ccccc56)cc4)c3o2)cc1. The van der Waals surface area contributed by atoms with Crippen molar-refractivity contribution >= 4 is 70.4 Å². The van der Waals surface area contributed by atoms with E-state index in [2.05, 4.69) is 120 Å². The highest BCUT2D eigenvalue weighted by molar-refractivity contribution is 7.25. The molecule has 2 aromatic heterocycles. The molecular formula is C41H26N2OS. The van der Waals surface area contributed by atoms with E-state index in [1.54, 1.807) is 0 Å². The summed E-state index contributed by atoms with van der Waals surface area (Å²) in [5, 5.41) is 4.99. The Hall–Kier alpha value is -5.71. The summed E-state index contributed by atoms with van der Waals surface area (Å²) in [7, 11) is 0. The molecule has 0 atom stereocenters. The molecule has 0 saturated carbocycles. The Kier molecular flexibility index (Phi) is 6.00. The Morgan fingerprint density at radius 1 is 0.511 bits per heavy atom. The van der Waals surface area contributed by atoms with Crippen LogP contribution in [0.1, 0.15) is 0 Å². The molecule has 0 unspecified atom stereocenters. The summed E-state index contributed by atoms with van der Waals surface area (Å²) < 4.78 is 8.95. The van der Waals surface area contributed by atoms with E-state index in [1.807, 2.05) is 53.8 Å². The maximum atomic E-state index is 6.35. The van der Waals surface area contributed by atoms with E-state index in [1.165, 1.54) is 30.9 Å². The van der Waals surface area contributed by atoms with Crippen LogP contribution in [-0.4, -0.2) is 4.98 Å². The van der Waals surface area contributed by atoms with Gasteiger partial charge < -0.3 is 9.32 Å². The Labute approximate surface area is 264 Å². The van der Waals surface area contributed by atoms with E-state index in [0.29, 0.717) is 5.89 Å². The number of fused-ring (bicyclic) bond motifs is 5. The number of aromatic nitrogens is 1. The second-order valence-electron chi connectivity index (χ2n) is 11.2. The van der Waals surface area contributed by atoms with Crippen molar-refractivity contribution in [3.8, 4) is 22.6 Å². The van der Waals surface area contributed by atoms with Crippen LogP contribution >= 0.6 is 11.3 Å². The number of oxazole rings is 1. The number of hydrogen-bond donors (Lipinski definition) is 0. The molecule has 0 spiro atoms. The molecule has 0 N–H and O–H groups in total. The van der Waals surface area contributed by atoms with Crippen LogP contribution in [0.15, 0.2) is 162 Å². The molecule has 0 saturated heterocycles. The van der Waals surface area contributed by atoms with Gasteiger partial charge in [-0.15, -0.1) is 11.3 Å². The number of para-hydroxylation sites is 1. The van der Waals surface area contributed by atoms with Crippen LogP contribution < -0.4 is 4.90 Å². The summed E-state index contributed by atoms with van der Waals surface area (Å²) in [6.07, 6.45) is 0.